The molecule has 0 bridgehead atoms. The molecule has 1 aromatic rings. The Labute approximate surface area is 81.6 Å². The van der Waals surface area contributed by atoms with Crippen molar-refractivity contribution >= 4 is 21.8 Å². The largest absolute Gasteiger partial charge is 0.241 e. The molecule has 0 saturated carbocycles. The maximum absolute atomic E-state index is 11.6. The van der Waals surface area contributed by atoms with Crippen molar-refractivity contribution in [2.45, 2.75) is 10.6 Å². The van der Waals surface area contributed by atoms with E-state index in [4.69, 9.17) is 0 Å². The highest BCUT2D eigenvalue weighted by Crippen LogP contribution is 2.23. The SMILES string of the molecule is O=S1(=O)NCSCc2ccccc21. The molecule has 1 aromatic carbocycles. The Morgan fingerprint density at radius 1 is 1.31 bits per heavy atom. The lowest BCUT2D eigenvalue weighted by molar-refractivity contribution is 0.587. The predicted octanol–water partition coefficient (Wildman–Crippen LogP) is 1.17. The average molecular weight is 215 g/mol. The zero-order valence-electron chi connectivity index (χ0n) is 6.86. The summed E-state index contributed by atoms with van der Waals surface area (Å²) in [5, 5.41) is 0. The molecule has 0 unspecified atom stereocenters. The van der Waals surface area contributed by atoms with Crippen LogP contribution in [0.5, 0.6) is 0 Å². The standard InChI is InChI=1S/C8H9NO2S2/c10-13(11)8-4-2-1-3-7(8)5-12-6-9-13/h1-4,9H,5-6H2. The van der Waals surface area contributed by atoms with Gasteiger partial charge in [-0.25, -0.2) is 13.1 Å². The first-order chi connectivity index (χ1) is 6.20. The van der Waals surface area contributed by atoms with Crippen LogP contribution in [0.15, 0.2) is 29.2 Å². The minimum absolute atomic E-state index is 0.417. The highest BCUT2D eigenvalue weighted by molar-refractivity contribution is 7.99. The Hall–Kier alpha value is -0.520. The van der Waals surface area contributed by atoms with Crippen molar-refractivity contribution < 1.29 is 8.42 Å². The van der Waals surface area contributed by atoms with Gasteiger partial charge in [0, 0.05) is 5.75 Å². The lowest BCUT2D eigenvalue weighted by Gasteiger charge is -2.03. The zero-order valence-corrected chi connectivity index (χ0v) is 8.49. The zero-order chi connectivity index (χ0) is 9.31. The third-order valence-electron chi connectivity index (χ3n) is 1.87. The molecule has 0 saturated heterocycles. The van der Waals surface area contributed by atoms with Gasteiger partial charge in [0.2, 0.25) is 10.0 Å². The highest BCUT2D eigenvalue weighted by atomic mass is 32.2. The summed E-state index contributed by atoms with van der Waals surface area (Å²) >= 11 is 1.57. The van der Waals surface area contributed by atoms with E-state index < -0.39 is 10.0 Å². The van der Waals surface area contributed by atoms with Crippen LogP contribution in [0.25, 0.3) is 0 Å². The Bertz CT molecular complexity index is 414. The van der Waals surface area contributed by atoms with E-state index in [9.17, 15) is 8.42 Å². The number of hydrogen-bond donors (Lipinski definition) is 1. The van der Waals surface area contributed by atoms with E-state index in [2.05, 4.69) is 4.72 Å². The second-order valence-corrected chi connectivity index (χ2v) is 5.47. The van der Waals surface area contributed by atoms with Gasteiger partial charge in [-0.3, -0.25) is 0 Å². The van der Waals surface area contributed by atoms with Crippen molar-refractivity contribution in [1.82, 2.24) is 4.72 Å². The molecule has 0 aliphatic carbocycles. The van der Waals surface area contributed by atoms with Crippen LogP contribution in [-0.2, 0) is 15.8 Å². The summed E-state index contributed by atoms with van der Waals surface area (Å²) in [5.41, 5.74) is 0.887. The van der Waals surface area contributed by atoms with Crippen LogP contribution in [0.2, 0.25) is 0 Å². The number of hydrogen-bond acceptors (Lipinski definition) is 3. The van der Waals surface area contributed by atoms with E-state index in [0.29, 0.717) is 10.8 Å². The van der Waals surface area contributed by atoms with Crippen molar-refractivity contribution in [1.29, 1.82) is 0 Å². The molecular weight excluding hydrogens is 206 g/mol. The predicted molar refractivity (Wildman–Crippen MR) is 52.9 cm³/mol. The van der Waals surface area contributed by atoms with Gasteiger partial charge in [-0.15, -0.1) is 11.8 Å². The third-order valence-corrected chi connectivity index (χ3v) is 4.42. The van der Waals surface area contributed by atoms with Gasteiger partial charge in [-0.05, 0) is 11.6 Å². The molecule has 3 nitrogen and oxygen atoms in total. The number of benzene rings is 1. The molecule has 13 heavy (non-hydrogen) atoms. The summed E-state index contributed by atoms with van der Waals surface area (Å²) in [6.45, 7) is 0. The Kier molecular flexibility index (Phi) is 2.31. The second kappa shape index (κ2) is 3.32. The average Bonchev–Trinajstić information content (AvgIpc) is 2.26. The minimum Gasteiger partial charge on any atom is -0.207 e. The lowest BCUT2D eigenvalue weighted by Crippen LogP contribution is -2.21. The fourth-order valence-corrected chi connectivity index (χ4v) is 3.76. The lowest BCUT2D eigenvalue weighted by atomic mass is 10.2. The van der Waals surface area contributed by atoms with Gasteiger partial charge < -0.3 is 0 Å². The van der Waals surface area contributed by atoms with Gasteiger partial charge in [0.05, 0.1) is 10.8 Å². The van der Waals surface area contributed by atoms with Crippen LogP contribution in [0.1, 0.15) is 5.56 Å². The fourth-order valence-electron chi connectivity index (χ4n) is 1.24. The molecule has 0 fully saturated rings. The van der Waals surface area contributed by atoms with Crippen molar-refractivity contribution in [3.05, 3.63) is 29.8 Å². The number of fused-ring (bicyclic) bond motifs is 1. The molecule has 0 amide bonds. The first kappa shape index (κ1) is 9.05. The highest BCUT2D eigenvalue weighted by Gasteiger charge is 2.20. The molecule has 0 spiro atoms. The Morgan fingerprint density at radius 2 is 2.08 bits per heavy atom. The molecule has 1 aliphatic rings. The third kappa shape index (κ3) is 1.72. The van der Waals surface area contributed by atoms with Crippen LogP contribution >= 0.6 is 11.8 Å². The van der Waals surface area contributed by atoms with Gasteiger partial charge >= 0.3 is 0 Å². The van der Waals surface area contributed by atoms with Crippen molar-refractivity contribution in [3.63, 3.8) is 0 Å². The maximum atomic E-state index is 11.6. The van der Waals surface area contributed by atoms with E-state index in [1.165, 1.54) is 0 Å². The number of sulfonamides is 1. The molecule has 0 aromatic heterocycles. The minimum atomic E-state index is -3.25. The summed E-state index contributed by atoms with van der Waals surface area (Å²) in [6.07, 6.45) is 0. The summed E-state index contributed by atoms with van der Waals surface area (Å²) in [4.78, 5) is 0.417. The first-order valence-electron chi connectivity index (χ1n) is 3.85. The maximum Gasteiger partial charge on any atom is 0.241 e. The van der Waals surface area contributed by atoms with E-state index in [0.717, 1.165) is 11.3 Å². The molecular formula is C8H9NO2S2. The van der Waals surface area contributed by atoms with Crippen molar-refractivity contribution in [2.75, 3.05) is 5.88 Å². The second-order valence-electron chi connectivity index (χ2n) is 2.75. The van der Waals surface area contributed by atoms with Crippen molar-refractivity contribution in [3.8, 4) is 0 Å². The van der Waals surface area contributed by atoms with Crippen LogP contribution in [-0.4, -0.2) is 14.3 Å². The van der Waals surface area contributed by atoms with E-state index in [-0.39, 0.29) is 0 Å². The fraction of sp³-hybridized carbons (Fsp3) is 0.250. The molecule has 2 rings (SSSR count). The molecule has 5 heteroatoms. The number of nitrogens with one attached hydrogen (secondary N) is 1. The summed E-state index contributed by atoms with van der Waals surface area (Å²) in [5.74, 6) is 1.21. The van der Waals surface area contributed by atoms with Crippen molar-refractivity contribution in [2.24, 2.45) is 0 Å². The number of thioether (sulfide) groups is 1. The quantitative estimate of drug-likeness (QED) is 0.706. The smallest absolute Gasteiger partial charge is 0.207 e. The Morgan fingerprint density at radius 3 is 2.92 bits per heavy atom. The van der Waals surface area contributed by atoms with Gasteiger partial charge in [-0.2, -0.15) is 0 Å². The molecule has 70 valence electrons. The van der Waals surface area contributed by atoms with E-state index in [1.54, 1.807) is 23.9 Å². The first-order valence-corrected chi connectivity index (χ1v) is 6.49. The summed E-state index contributed by atoms with van der Waals surface area (Å²) < 4.78 is 25.6. The van der Waals surface area contributed by atoms with Gasteiger partial charge in [0.25, 0.3) is 0 Å². The molecule has 1 aliphatic heterocycles. The van der Waals surface area contributed by atoms with E-state index in [1.807, 2.05) is 12.1 Å². The Balaban J connectivity index is 2.62. The van der Waals surface area contributed by atoms with Crippen LogP contribution < -0.4 is 4.72 Å². The molecule has 0 radical (unpaired) electrons. The van der Waals surface area contributed by atoms with Gasteiger partial charge in [0.1, 0.15) is 0 Å². The summed E-state index contributed by atoms with van der Waals surface area (Å²) in [7, 11) is -3.25. The normalized spacial score (nSPS) is 20.3. The number of rotatable bonds is 0. The topological polar surface area (TPSA) is 46.2 Å². The summed E-state index contributed by atoms with van der Waals surface area (Å²) in [6, 6.07) is 7.10. The molecule has 0 atom stereocenters. The van der Waals surface area contributed by atoms with Crippen LogP contribution in [0.3, 0.4) is 0 Å². The molecule has 1 N–H and O–H groups in total. The van der Waals surface area contributed by atoms with Crippen LogP contribution in [0.4, 0.5) is 0 Å². The van der Waals surface area contributed by atoms with E-state index >= 15 is 0 Å². The van der Waals surface area contributed by atoms with Gasteiger partial charge in [0.15, 0.2) is 0 Å². The monoisotopic (exact) mass is 215 g/mol. The molecule has 1 heterocycles. The van der Waals surface area contributed by atoms with Gasteiger partial charge in [-0.1, -0.05) is 18.2 Å². The van der Waals surface area contributed by atoms with Crippen LogP contribution in [0, 0.1) is 0 Å².